The summed E-state index contributed by atoms with van der Waals surface area (Å²) < 4.78 is 25.2. The second kappa shape index (κ2) is 13.4. The molecule has 2 heterocycles. The molecule has 14 heteroatoms. The van der Waals surface area contributed by atoms with E-state index in [-0.39, 0.29) is 34.7 Å². The SMILES string of the molecule is CN(C)CC=C(C(=O)Nc1cc2c(Nc3ccc(F)c(Cl)c3)ncnc2cc1O[C@H]1CCOC1)/C(=C\C(=O)O)C(=O)O. The minimum Gasteiger partial charge on any atom is -0.486 e. The van der Waals surface area contributed by atoms with Crippen LogP contribution in [0.1, 0.15) is 6.42 Å². The Morgan fingerprint density at radius 1 is 1.19 bits per heavy atom. The number of rotatable bonds is 11. The Bertz CT molecular complexity index is 1590. The third kappa shape index (κ3) is 7.57. The maximum absolute atomic E-state index is 13.7. The van der Waals surface area contributed by atoms with Gasteiger partial charge in [0.2, 0.25) is 0 Å². The Hall–Kier alpha value is -4.59. The lowest BCUT2D eigenvalue weighted by Crippen LogP contribution is -2.23. The minimum absolute atomic E-state index is 0.0959. The van der Waals surface area contributed by atoms with Crippen LogP contribution in [0.2, 0.25) is 5.02 Å². The molecule has 0 spiro atoms. The molecule has 1 aromatic heterocycles. The number of carbonyl (C=O) groups excluding carboxylic acids is 1. The van der Waals surface area contributed by atoms with E-state index in [2.05, 4.69) is 20.6 Å². The molecule has 0 bridgehead atoms. The van der Waals surface area contributed by atoms with Crippen molar-refractivity contribution in [3.05, 3.63) is 70.8 Å². The summed E-state index contributed by atoms with van der Waals surface area (Å²) in [6.07, 6.45) is 3.38. The molecule has 1 aliphatic rings. The Morgan fingerprint density at radius 3 is 2.62 bits per heavy atom. The smallest absolute Gasteiger partial charge is 0.336 e. The fraction of sp³-hybridized carbons (Fsp3) is 0.250. The quantitative estimate of drug-likeness (QED) is 0.187. The summed E-state index contributed by atoms with van der Waals surface area (Å²) in [6.45, 7) is 0.969. The van der Waals surface area contributed by atoms with Gasteiger partial charge in [0, 0.05) is 36.2 Å². The van der Waals surface area contributed by atoms with Crippen molar-refractivity contribution >= 4 is 57.5 Å². The van der Waals surface area contributed by atoms with Crippen molar-refractivity contribution in [2.24, 2.45) is 0 Å². The Labute approximate surface area is 244 Å². The van der Waals surface area contributed by atoms with Gasteiger partial charge in [0.25, 0.3) is 5.91 Å². The average Bonchev–Trinajstić information content (AvgIpc) is 3.43. The van der Waals surface area contributed by atoms with E-state index in [4.69, 9.17) is 21.1 Å². The van der Waals surface area contributed by atoms with Crippen LogP contribution in [0.25, 0.3) is 10.9 Å². The fourth-order valence-electron chi connectivity index (χ4n) is 4.04. The van der Waals surface area contributed by atoms with E-state index in [1.807, 2.05) is 0 Å². The van der Waals surface area contributed by atoms with E-state index in [1.165, 1.54) is 36.7 Å². The Balaban J connectivity index is 1.79. The van der Waals surface area contributed by atoms with Crippen molar-refractivity contribution in [3.8, 4) is 5.75 Å². The molecule has 4 N–H and O–H groups in total. The summed E-state index contributed by atoms with van der Waals surface area (Å²) in [5.74, 6) is -4.06. The van der Waals surface area contributed by atoms with Crippen LogP contribution in [0.5, 0.6) is 5.75 Å². The van der Waals surface area contributed by atoms with Gasteiger partial charge >= 0.3 is 11.9 Å². The van der Waals surface area contributed by atoms with Gasteiger partial charge in [0.1, 0.15) is 29.8 Å². The van der Waals surface area contributed by atoms with Gasteiger partial charge in [-0.25, -0.2) is 23.9 Å². The first-order valence-corrected chi connectivity index (χ1v) is 13.0. The summed E-state index contributed by atoms with van der Waals surface area (Å²) >= 11 is 5.92. The molecule has 0 aliphatic carbocycles. The molecule has 0 radical (unpaired) electrons. The van der Waals surface area contributed by atoms with E-state index >= 15 is 0 Å². The number of carbonyl (C=O) groups is 3. The highest BCUT2D eigenvalue weighted by Gasteiger charge is 2.25. The average molecular weight is 600 g/mol. The molecule has 4 rings (SSSR count). The minimum atomic E-state index is -1.59. The van der Waals surface area contributed by atoms with Crippen LogP contribution < -0.4 is 15.4 Å². The first-order chi connectivity index (χ1) is 20.0. The number of amides is 1. The Morgan fingerprint density at radius 2 is 1.98 bits per heavy atom. The second-order valence-corrected chi connectivity index (χ2v) is 9.89. The van der Waals surface area contributed by atoms with Gasteiger partial charge < -0.3 is 35.2 Å². The van der Waals surface area contributed by atoms with Gasteiger partial charge in [-0.05, 0) is 38.4 Å². The van der Waals surface area contributed by atoms with Crippen molar-refractivity contribution in [3.63, 3.8) is 0 Å². The van der Waals surface area contributed by atoms with Crippen LogP contribution in [-0.2, 0) is 19.1 Å². The number of likely N-dealkylation sites (N-methyl/N-ethyl adjacent to an activating group) is 1. The zero-order chi connectivity index (χ0) is 30.4. The molecule has 1 saturated heterocycles. The van der Waals surface area contributed by atoms with Crippen molar-refractivity contribution in [1.29, 1.82) is 0 Å². The van der Waals surface area contributed by atoms with Gasteiger partial charge in [-0.3, -0.25) is 4.79 Å². The molecular formula is C28H27ClFN5O7. The van der Waals surface area contributed by atoms with Crippen molar-refractivity contribution in [2.45, 2.75) is 12.5 Å². The maximum Gasteiger partial charge on any atom is 0.336 e. The standard InChI is InChI=1S/C28H27ClFN5O7/c1-35(2)7-5-17(18(28(39)40)11-25(36)37)27(38)34-23-10-19-22(12-24(23)42-16-6-8-41-13-16)31-14-32-26(19)33-15-3-4-21(30)20(29)9-15/h3-5,9-12,14,16H,6-8,13H2,1-2H3,(H,34,38)(H,36,37)(H,39,40)(H,31,32,33)/b17-5?,18-11+/t16-/m0/s1. The monoisotopic (exact) mass is 599 g/mol. The molecular weight excluding hydrogens is 573 g/mol. The third-order valence-electron chi connectivity index (χ3n) is 6.04. The zero-order valence-corrected chi connectivity index (χ0v) is 23.3. The number of aromatic nitrogens is 2. The van der Waals surface area contributed by atoms with E-state index < -0.39 is 29.2 Å². The number of carboxylic acids is 2. The number of hydrogen-bond acceptors (Lipinski definition) is 9. The lowest BCUT2D eigenvalue weighted by atomic mass is 10.0. The molecule has 220 valence electrons. The highest BCUT2D eigenvalue weighted by Crippen LogP contribution is 2.35. The topological polar surface area (TPSA) is 163 Å². The van der Waals surface area contributed by atoms with Gasteiger partial charge in [-0.2, -0.15) is 0 Å². The highest BCUT2D eigenvalue weighted by molar-refractivity contribution is 6.31. The van der Waals surface area contributed by atoms with Crippen LogP contribution >= 0.6 is 11.6 Å². The van der Waals surface area contributed by atoms with E-state index in [1.54, 1.807) is 25.1 Å². The molecule has 1 fully saturated rings. The van der Waals surface area contributed by atoms with E-state index in [9.17, 15) is 29.0 Å². The highest BCUT2D eigenvalue weighted by atomic mass is 35.5. The number of nitrogens with one attached hydrogen (secondary N) is 2. The largest absolute Gasteiger partial charge is 0.486 e. The van der Waals surface area contributed by atoms with Gasteiger partial charge in [-0.15, -0.1) is 0 Å². The molecule has 0 unspecified atom stereocenters. The molecule has 42 heavy (non-hydrogen) atoms. The Kier molecular flexibility index (Phi) is 9.68. The first-order valence-electron chi connectivity index (χ1n) is 12.6. The zero-order valence-electron chi connectivity index (χ0n) is 22.6. The number of aliphatic carboxylic acids is 2. The van der Waals surface area contributed by atoms with Crippen molar-refractivity contribution in [1.82, 2.24) is 14.9 Å². The first kappa shape index (κ1) is 30.4. The van der Waals surface area contributed by atoms with Gasteiger partial charge in [0.15, 0.2) is 0 Å². The van der Waals surface area contributed by atoms with Crippen LogP contribution in [-0.4, -0.2) is 82.9 Å². The van der Waals surface area contributed by atoms with Crippen LogP contribution in [0.4, 0.5) is 21.6 Å². The predicted molar refractivity (Wildman–Crippen MR) is 153 cm³/mol. The fourth-order valence-corrected chi connectivity index (χ4v) is 4.22. The number of ether oxygens (including phenoxy) is 2. The summed E-state index contributed by atoms with van der Waals surface area (Å²) in [5.41, 5.74) is -0.0435. The van der Waals surface area contributed by atoms with Crippen LogP contribution in [0.15, 0.2) is 60.0 Å². The van der Waals surface area contributed by atoms with Crippen LogP contribution in [0.3, 0.4) is 0 Å². The van der Waals surface area contributed by atoms with Crippen molar-refractivity contribution < 1.29 is 38.5 Å². The summed E-state index contributed by atoms with van der Waals surface area (Å²) in [5, 5.41) is 25.0. The summed E-state index contributed by atoms with van der Waals surface area (Å²) in [7, 11) is 3.41. The number of anilines is 3. The molecule has 1 aliphatic heterocycles. The number of nitrogens with zero attached hydrogens (tertiary/aromatic N) is 3. The second-order valence-electron chi connectivity index (χ2n) is 9.48. The lowest BCUT2D eigenvalue weighted by Gasteiger charge is -2.19. The number of halogens is 2. The number of carboxylic acid groups (broad SMARTS) is 2. The molecule has 2 aromatic carbocycles. The van der Waals surface area contributed by atoms with E-state index in [0.717, 1.165) is 0 Å². The molecule has 0 saturated carbocycles. The summed E-state index contributed by atoms with van der Waals surface area (Å²) in [4.78, 5) is 47.1. The number of fused-ring (bicyclic) bond motifs is 1. The predicted octanol–water partition coefficient (Wildman–Crippen LogP) is 3.86. The molecule has 12 nitrogen and oxygen atoms in total. The molecule has 3 aromatic rings. The van der Waals surface area contributed by atoms with Gasteiger partial charge in [0.05, 0.1) is 40.6 Å². The maximum atomic E-state index is 13.7. The van der Waals surface area contributed by atoms with Crippen LogP contribution in [0, 0.1) is 5.82 Å². The summed E-state index contributed by atoms with van der Waals surface area (Å²) in [6, 6.07) is 7.18. The molecule has 1 atom stereocenters. The third-order valence-corrected chi connectivity index (χ3v) is 6.33. The van der Waals surface area contributed by atoms with E-state index in [0.29, 0.717) is 48.1 Å². The van der Waals surface area contributed by atoms with Crippen molar-refractivity contribution in [2.75, 3.05) is 44.5 Å². The van der Waals surface area contributed by atoms with Gasteiger partial charge in [-0.1, -0.05) is 17.7 Å². The molecule has 1 amide bonds. The normalized spacial score (nSPS) is 15.6. The number of hydrogen-bond donors (Lipinski definition) is 4. The number of benzene rings is 2. The lowest BCUT2D eigenvalue weighted by molar-refractivity contribution is -0.135.